The summed E-state index contributed by atoms with van der Waals surface area (Å²) in [4.78, 5) is 32.1. The molecule has 1 aliphatic heterocycles. The molecule has 0 aliphatic carbocycles. The van der Waals surface area contributed by atoms with Crippen LogP contribution in [0.3, 0.4) is 0 Å². The van der Waals surface area contributed by atoms with Crippen molar-refractivity contribution >= 4 is 57.0 Å². The minimum atomic E-state index is -0.320. The Morgan fingerprint density at radius 1 is 1.08 bits per heavy atom. The molecule has 0 atom stereocenters. The molecule has 37 heavy (non-hydrogen) atoms. The lowest BCUT2D eigenvalue weighted by Crippen LogP contribution is -2.31. The lowest BCUT2D eigenvalue weighted by atomic mass is 10.1. The molecule has 0 spiro atoms. The minimum absolute atomic E-state index is 0.0357. The topological polar surface area (TPSA) is 115 Å². The van der Waals surface area contributed by atoms with E-state index < -0.39 is 0 Å². The summed E-state index contributed by atoms with van der Waals surface area (Å²) in [7, 11) is 4.57. The standard InChI is InChI=1S/C25H25N5O5S2/c1-5-21-28-29-24(37-21)27-20(31)14-36-25-26-17(23(32)30(25)16-9-7-6-8-10-16)11-15-12-18(33-2)22(35-4)19(13-15)34-3/h6-13H,5,14H2,1-4H3,(H,27,29,31). The lowest BCUT2D eigenvalue weighted by Gasteiger charge is -2.17. The van der Waals surface area contributed by atoms with Gasteiger partial charge in [0.25, 0.3) is 5.91 Å². The summed E-state index contributed by atoms with van der Waals surface area (Å²) in [5.41, 5.74) is 1.49. The van der Waals surface area contributed by atoms with E-state index in [4.69, 9.17) is 14.2 Å². The first-order valence-electron chi connectivity index (χ1n) is 11.2. The Kier molecular flexibility index (Phi) is 8.41. The van der Waals surface area contributed by atoms with Crippen molar-refractivity contribution in [2.45, 2.75) is 13.3 Å². The maximum atomic E-state index is 13.4. The lowest BCUT2D eigenvalue weighted by molar-refractivity contribution is -0.114. The number of nitrogens with zero attached hydrogens (tertiary/aromatic N) is 4. The van der Waals surface area contributed by atoms with E-state index in [1.54, 1.807) is 18.2 Å². The number of carbonyl (C=O) groups is 2. The summed E-state index contributed by atoms with van der Waals surface area (Å²) < 4.78 is 16.2. The molecule has 10 nitrogen and oxygen atoms in total. The van der Waals surface area contributed by atoms with Crippen LogP contribution in [0.4, 0.5) is 10.8 Å². The van der Waals surface area contributed by atoms with Gasteiger partial charge in [-0.3, -0.25) is 19.8 Å². The Bertz CT molecular complexity index is 1330. The molecule has 12 heteroatoms. The normalized spacial score (nSPS) is 14.1. The summed E-state index contributed by atoms with van der Waals surface area (Å²) in [5, 5.41) is 12.4. The predicted octanol–water partition coefficient (Wildman–Crippen LogP) is 4.24. The van der Waals surface area contributed by atoms with Crippen LogP contribution in [-0.2, 0) is 16.0 Å². The van der Waals surface area contributed by atoms with Gasteiger partial charge in [0.1, 0.15) is 10.7 Å². The Hall–Kier alpha value is -3.90. The van der Waals surface area contributed by atoms with E-state index in [9.17, 15) is 9.59 Å². The van der Waals surface area contributed by atoms with E-state index in [1.807, 2.05) is 37.3 Å². The van der Waals surface area contributed by atoms with E-state index in [0.717, 1.165) is 23.2 Å². The molecule has 1 N–H and O–H groups in total. The van der Waals surface area contributed by atoms with Crippen molar-refractivity contribution in [3.63, 3.8) is 0 Å². The number of methoxy groups -OCH3 is 3. The molecular weight excluding hydrogens is 514 g/mol. The minimum Gasteiger partial charge on any atom is -0.493 e. The fourth-order valence-corrected chi connectivity index (χ4v) is 4.98. The first-order chi connectivity index (χ1) is 18.0. The molecule has 0 fully saturated rings. The third-order valence-electron chi connectivity index (χ3n) is 5.18. The molecule has 1 aliphatic rings. The molecule has 1 aromatic heterocycles. The Labute approximate surface area is 222 Å². The second-order valence-electron chi connectivity index (χ2n) is 7.55. The molecule has 4 rings (SSSR count). The van der Waals surface area contributed by atoms with Crippen molar-refractivity contribution in [3.05, 3.63) is 58.7 Å². The van der Waals surface area contributed by atoms with Crippen LogP contribution in [0.2, 0.25) is 0 Å². The summed E-state index contributed by atoms with van der Waals surface area (Å²) in [6.07, 6.45) is 2.39. The maximum absolute atomic E-state index is 13.4. The number of aromatic nitrogens is 2. The molecule has 2 amide bonds. The van der Waals surface area contributed by atoms with Gasteiger partial charge in [-0.25, -0.2) is 4.99 Å². The first-order valence-corrected chi connectivity index (χ1v) is 13.0. The van der Waals surface area contributed by atoms with Gasteiger partial charge in [-0.05, 0) is 42.3 Å². The van der Waals surface area contributed by atoms with Crippen LogP contribution in [0.15, 0.2) is 53.2 Å². The number of anilines is 2. The van der Waals surface area contributed by atoms with Crippen molar-refractivity contribution in [1.29, 1.82) is 0 Å². The summed E-state index contributed by atoms with van der Waals surface area (Å²) in [6, 6.07) is 12.6. The summed E-state index contributed by atoms with van der Waals surface area (Å²) >= 11 is 2.49. The van der Waals surface area contributed by atoms with Gasteiger partial charge in [0, 0.05) is 0 Å². The van der Waals surface area contributed by atoms with Crippen molar-refractivity contribution in [2.24, 2.45) is 4.99 Å². The zero-order valence-electron chi connectivity index (χ0n) is 20.7. The Balaban J connectivity index is 1.61. The molecule has 0 saturated heterocycles. The third-order valence-corrected chi connectivity index (χ3v) is 7.10. The van der Waals surface area contributed by atoms with Gasteiger partial charge in [-0.2, -0.15) is 0 Å². The number of nitrogens with one attached hydrogen (secondary N) is 1. The molecule has 192 valence electrons. The van der Waals surface area contributed by atoms with E-state index >= 15 is 0 Å². The smallest absolute Gasteiger partial charge is 0.283 e. The number of ether oxygens (including phenoxy) is 3. The fourth-order valence-electron chi connectivity index (χ4n) is 3.47. The SMILES string of the molecule is CCc1nnc(NC(=O)CSC2=NC(=Cc3cc(OC)c(OC)c(OC)c3)C(=O)N2c2ccccc2)s1. The van der Waals surface area contributed by atoms with Crippen molar-refractivity contribution in [2.75, 3.05) is 37.3 Å². The highest BCUT2D eigenvalue weighted by Gasteiger charge is 2.32. The van der Waals surface area contributed by atoms with Gasteiger partial charge >= 0.3 is 0 Å². The molecule has 2 heterocycles. The van der Waals surface area contributed by atoms with Crippen LogP contribution in [0, 0.1) is 0 Å². The van der Waals surface area contributed by atoms with Crippen LogP contribution < -0.4 is 24.4 Å². The number of para-hydroxylation sites is 1. The van der Waals surface area contributed by atoms with Crippen LogP contribution in [0.1, 0.15) is 17.5 Å². The van der Waals surface area contributed by atoms with Crippen LogP contribution in [0.25, 0.3) is 6.08 Å². The molecule has 0 unspecified atom stereocenters. The molecule has 2 aromatic carbocycles. The molecule has 0 saturated carbocycles. The second kappa shape index (κ2) is 11.9. The number of rotatable bonds is 9. The van der Waals surface area contributed by atoms with Crippen molar-refractivity contribution in [3.8, 4) is 17.2 Å². The highest BCUT2D eigenvalue weighted by Crippen LogP contribution is 2.39. The van der Waals surface area contributed by atoms with Gasteiger partial charge < -0.3 is 14.2 Å². The maximum Gasteiger partial charge on any atom is 0.283 e. The molecule has 0 bridgehead atoms. The Morgan fingerprint density at radius 2 is 1.78 bits per heavy atom. The highest BCUT2D eigenvalue weighted by molar-refractivity contribution is 8.14. The van der Waals surface area contributed by atoms with E-state index in [2.05, 4.69) is 20.5 Å². The fraction of sp³-hybridized carbons (Fsp3) is 0.240. The van der Waals surface area contributed by atoms with Crippen LogP contribution in [-0.4, -0.2) is 54.3 Å². The van der Waals surface area contributed by atoms with Crippen molar-refractivity contribution < 1.29 is 23.8 Å². The largest absolute Gasteiger partial charge is 0.493 e. The zero-order valence-corrected chi connectivity index (χ0v) is 22.3. The van der Waals surface area contributed by atoms with E-state index in [1.165, 1.54) is 37.6 Å². The number of carbonyl (C=O) groups excluding carboxylic acids is 2. The Morgan fingerprint density at radius 3 is 2.38 bits per heavy atom. The van der Waals surface area contributed by atoms with Crippen LogP contribution in [0.5, 0.6) is 17.2 Å². The van der Waals surface area contributed by atoms with Gasteiger partial charge in [0.15, 0.2) is 16.7 Å². The average molecular weight is 540 g/mol. The summed E-state index contributed by atoms with van der Waals surface area (Å²) in [6.45, 7) is 1.97. The van der Waals surface area contributed by atoms with Gasteiger partial charge in [0.05, 0.1) is 32.8 Å². The number of amides is 2. The van der Waals surface area contributed by atoms with E-state index in [0.29, 0.717) is 38.8 Å². The van der Waals surface area contributed by atoms with Gasteiger partial charge in [-0.15, -0.1) is 10.2 Å². The zero-order chi connectivity index (χ0) is 26.4. The summed E-state index contributed by atoms with van der Waals surface area (Å²) in [5.74, 6) is 0.805. The average Bonchev–Trinajstić information content (AvgIpc) is 3.50. The van der Waals surface area contributed by atoms with Gasteiger partial charge in [-0.1, -0.05) is 48.2 Å². The third kappa shape index (κ3) is 5.92. The highest BCUT2D eigenvalue weighted by atomic mass is 32.2. The molecular formula is C25H25N5O5S2. The first kappa shape index (κ1) is 26.2. The van der Waals surface area contributed by atoms with E-state index in [-0.39, 0.29) is 23.3 Å². The number of thioether (sulfide) groups is 1. The number of hydrogen-bond donors (Lipinski definition) is 1. The van der Waals surface area contributed by atoms with Gasteiger partial charge in [0.2, 0.25) is 16.8 Å². The number of aryl methyl sites for hydroxylation is 1. The number of amidine groups is 1. The number of aliphatic imine (C=N–C) groups is 1. The number of hydrogen-bond acceptors (Lipinski definition) is 10. The predicted molar refractivity (Wildman–Crippen MR) is 146 cm³/mol. The quantitative estimate of drug-likeness (QED) is 0.402. The molecule has 3 aromatic rings. The second-order valence-corrected chi connectivity index (χ2v) is 9.55. The van der Waals surface area contributed by atoms with Crippen molar-refractivity contribution in [1.82, 2.24) is 10.2 Å². The molecule has 0 radical (unpaired) electrons. The monoisotopic (exact) mass is 539 g/mol. The van der Waals surface area contributed by atoms with Crippen LogP contribution >= 0.6 is 23.1 Å². The number of benzene rings is 2.